The van der Waals surface area contributed by atoms with Crippen LogP contribution >= 0.6 is 0 Å². The summed E-state index contributed by atoms with van der Waals surface area (Å²) < 4.78 is 2.02. The number of aryl methyl sites for hydroxylation is 4. The van der Waals surface area contributed by atoms with E-state index in [9.17, 15) is 0 Å². The first-order valence-electron chi connectivity index (χ1n) is 7.78. The van der Waals surface area contributed by atoms with Gasteiger partial charge >= 0.3 is 0 Å². The lowest BCUT2D eigenvalue weighted by Gasteiger charge is -2.23. The average molecular weight is 286 g/mol. The van der Waals surface area contributed by atoms with Crippen molar-refractivity contribution in [1.29, 1.82) is 0 Å². The zero-order chi connectivity index (χ0) is 15.4. The van der Waals surface area contributed by atoms with E-state index in [4.69, 9.17) is 0 Å². The second kappa shape index (κ2) is 6.85. The molecule has 0 radical (unpaired) electrons. The van der Waals surface area contributed by atoms with Gasteiger partial charge in [0.1, 0.15) is 0 Å². The highest BCUT2D eigenvalue weighted by atomic mass is 15.4. The van der Waals surface area contributed by atoms with Gasteiger partial charge in [-0.3, -0.25) is 0 Å². The Morgan fingerprint density at radius 1 is 1.14 bits per heavy atom. The summed E-state index contributed by atoms with van der Waals surface area (Å²) in [6.07, 6.45) is 2.95. The predicted molar refractivity (Wildman–Crippen MR) is 86.5 cm³/mol. The van der Waals surface area contributed by atoms with Gasteiger partial charge in [0.15, 0.2) is 0 Å². The van der Waals surface area contributed by atoms with Crippen LogP contribution in [-0.4, -0.2) is 21.5 Å². The van der Waals surface area contributed by atoms with E-state index in [1.54, 1.807) is 0 Å². The second-order valence-corrected chi connectivity index (χ2v) is 5.69. The number of hydrogen-bond acceptors (Lipinski definition) is 3. The zero-order valence-corrected chi connectivity index (χ0v) is 13.8. The van der Waals surface area contributed by atoms with Crippen molar-refractivity contribution in [2.45, 2.75) is 53.6 Å². The van der Waals surface area contributed by atoms with Crippen LogP contribution in [0.4, 0.5) is 0 Å². The third kappa shape index (κ3) is 3.32. The van der Waals surface area contributed by atoms with Crippen molar-refractivity contribution >= 4 is 0 Å². The highest BCUT2D eigenvalue weighted by molar-refractivity contribution is 5.42. The maximum atomic E-state index is 4.24. The number of benzene rings is 1. The van der Waals surface area contributed by atoms with Crippen molar-refractivity contribution in [3.63, 3.8) is 0 Å². The summed E-state index contributed by atoms with van der Waals surface area (Å²) in [5.74, 6) is 0. The maximum Gasteiger partial charge on any atom is 0.0802 e. The molecule has 0 bridgehead atoms. The molecular formula is C17H26N4. The summed E-state index contributed by atoms with van der Waals surface area (Å²) in [5.41, 5.74) is 6.45. The van der Waals surface area contributed by atoms with E-state index in [2.05, 4.69) is 62.4 Å². The molecule has 1 unspecified atom stereocenters. The van der Waals surface area contributed by atoms with E-state index in [0.717, 1.165) is 25.2 Å². The Balaban J connectivity index is 2.51. The third-order valence-electron chi connectivity index (χ3n) is 3.81. The van der Waals surface area contributed by atoms with Gasteiger partial charge in [-0.1, -0.05) is 36.8 Å². The van der Waals surface area contributed by atoms with Crippen molar-refractivity contribution < 1.29 is 0 Å². The van der Waals surface area contributed by atoms with Gasteiger partial charge in [0.2, 0.25) is 0 Å². The highest BCUT2D eigenvalue weighted by Crippen LogP contribution is 2.28. The Labute approximate surface area is 127 Å². The molecule has 4 nitrogen and oxygen atoms in total. The van der Waals surface area contributed by atoms with Crippen LogP contribution in [0.2, 0.25) is 0 Å². The summed E-state index contributed by atoms with van der Waals surface area (Å²) in [6.45, 7) is 12.6. The van der Waals surface area contributed by atoms with Gasteiger partial charge in [-0.2, -0.15) is 0 Å². The number of hydrogen-bond donors (Lipinski definition) is 1. The van der Waals surface area contributed by atoms with Gasteiger partial charge in [-0.15, -0.1) is 5.10 Å². The fourth-order valence-electron chi connectivity index (χ4n) is 3.08. The van der Waals surface area contributed by atoms with E-state index in [1.165, 1.54) is 22.3 Å². The second-order valence-electron chi connectivity index (χ2n) is 5.69. The molecule has 0 saturated heterocycles. The van der Waals surface area contributed by atoms with Gasteiger partial charge in [-0.05, 0) is 50.4 Å². The lowest BCUT2D eigenvalue weighted by Crippen LogP contribution is -2.26. The van der Waals surface area contributed by atoms with Crippen molar-refractivity contribution in [2.24, 2.45) is 0 Å². The van der Waals surface area contributed by atoms with E-state index in [1.807, 2.05) is 10.9 Å². The first-order chi connectivity index (χ1) is 10.1. The number of rotatable bonds is 6. The zero-order valence-electron chi connectivity index (χ0n) is 13.8. The summed E-state index contributed by atoms with van der Waals surface area (Å²) in [4.78, 5) is 0. The molecule has 1 N–H and O–H groups in total. The molecule has 1 heterocycles. The largest absolute Gasteiger partial charge is 0.305 e. The van der Waals surface area contributed by atoms with E-state index >= 15 is 0 Å². The summed E-state index contributed by atoms with van der Waals surface area (Å²) in [5, 5.41) is 12.0. The van der Waals surface area contributed by atoms with E-state index < -0.39 is 0 Å². The molecule has 4 heteroatoms. The molecule has 1 aromatic heterocycles. The van der Waals surface area contributed by atoms with Gasteiger partial charge in [0, 0.05) is 6.54 Å². The van der Waals surface area contributed by atoms with Gasteiger partial charge in [0.05, 0.1) is 17.9 Å². The molecule has 21 heavy (non-hydrogen) atoms. The van der Waals surface area contributed by atoms with Crippen LogP contribution in [0.3, 0.4) is 0 Å². The minimum atomic E-state index is 0.150. The smallest absolute Gasteiger partial charge is 0.0802 e. The molecule has 2 rings (SSSR count). The van der Waals surface area contributed by atoms with Gasteiger partial charge in [-0.25, -0.2) is 4.68 Å². The Morgan fingerprint density at radius 3 is 2.38 bits per heavy atom. The normalized spacial score (nSPS) is 12.6. The van der Waals surface area contributed by atoms with Crippen LogP contribution in [0, 0.1) is 20.8 Å². The first kappa shape index (κ1) is 15.7. The van der Waals surface area contributed by atoms with Crippen LogP contribution in [-0.2, 0) is 6.54 Å². The Kier molecular flexibility index (Phi) is 5.12. The molecular weight excluding hydrogens is 260 g/mol. The van der Waals surface area contributed by atoms with Crippen molar-refractivity contribution in [2.75, 3.05) is 6.54 Å². The minimum Gasteiger partial charge on any atom is -0.305 e. The molecule has 0 spiro atoms. The maximum absolute atomic E-state index is 4.24. The topological polar surface area (TPSA) is 42.7 Å². The van der Waals surface area contributed by atoms with E-state index in [-0.39, 0.29) is 6.04 Å². The van der Waals surface area contributed by atoms with Crippen LogP contribution in [0.5, 0.6) is 0 Å². The Bertz CT molecular complexity index is 578. The summed E-state index contributed by atoms with van der Waals surface area (Å²) in [6, 6.07) is 4.65. The molecule has 0 aliphatic carbocycles. The number of nitrogens with one attached hydrogen (secondary N) is 1. The summed E-state index contributed by atoms with van der Waals surface area (Å²) >= 11 is 0. The van der Waals surface area contributed by atoms with Crippen molar-refractivity contribution in [3.05, 3.63) is 46.3 Å². The highest BCUT2D eigenvalue weighted by Gasteiger charge is 2.21. The molecule has 0 fully saturated rings. The fraction of sp³-hybridized carbons (Fsp3) is 0.529. The first-order valence-corrected chi connectivity index (χ1v) is 7.78. The quantitative estimate of drug-likeness (QED) is 0.886. The molecule has 0 amide bonds. The third-order valence-corrected chi connectivity index (χ3v) is 3.81. The minimum absolute atomic E-state index is 0.150. The van der Waals surface area contributed by atoms with E-state index in [0.29, 0.717) is 0 Å². The van der Waals surface area contributed by atoms with Crippen LogP contribution < -0.4 is 5.32 Å². The van der Waals surface area contributed by atoms with Crippen LogP contribution in [0.1, 0.15) is 54.3 Å². The van der Waals surface area contributed by atoms with Gasteiger partial charge in [0.25, 0.3) is 0 Å². The van der Waals surface area contributed by atoms with Crippen molar-refractivity contribution in [3.8, 4) is 0 Å². The fourth-order valence-corrected chi connectivity index (χ4v) is 3.08. The lowest BCUT2D eigenvalue weighted by atomic mass is 9.92. The molecule has 0 aliphatic rings. The SMILES string of the molecule is CCCn1nncc1C(NCC)c1c(C)cc(C)cc1C. The summed E-state index contributed by atoms with van der Waals surface area (Å²) in [7, 11) is 0. The molecule has 1 atom stereocenters. The van der Waals surface area contributed by atoms with Crippen molar-refractivity contribution in [1.82, 2.24) is 20.3 Å². The van der Waals surface area contributed by atoms with Crippen LogP contribution in [0.25, 0.3) is 0 Å². The average Bonchev–Trinajstić information content (AvgIpc) is 2.85. The predicted octanol–water partition coefficient (Wildman–Crippen LogP) is 3.31. The monoisotopic (exact) mass is 286 g/mol. The molecule has 2 aromatic rings. The molecule has 1 aromatic carbocycles. The van der Waals surface area contributed by atoms with Gasteiger partial charge < -0.3 is 5.32 Å². The Morgan fingerprint density at radius 2 is 1.81 bits per heavy atom. The van der Waals surface area contributed by atoms with Crippen LogP contribution in [0.15, 0.2) is 18.3 Å². The standard InChI is InChI=1S/C17H26N4/c1-6-8-21-15(11-19-20-21)17(18-7-2)16-13(4)9-12(3)10-14(16)5/h9-11,17-18H,6-8H2,1-5H3. The molecule has 0 aliphatic heterocycles. The Hall–Kier alpha value is -1.68. The molecule has 0 saturated carbocycles. The lowest BCUT2D eigenvalue weighted by molar-refractivity contribution is 0.510. The number of nitrogens with zero attached hydrogens (tertiary/aromatic N) is 3. The number of aromatic nitrogens is 3. The molecule has 114 valence electrons.